The molecule has 5 nitrogen and oxygen atoms in total. The summed E-state index contributed by atoms with van der Waals surface area (Å²) in [6.07, 6.45) is -4.46. The van der Waals surface area contributed by atoms with Gasteiger partial charge in [-0.1, -0.05) is 17.7 Å². The first-order chi connectivity index (χ1) is 12.6. The average Bonchev–Trinajstić information content (AvgIpc) is 2.91. The van der Waals surface area contributed by atoms with E-state index in [2.05, 4.69) is 9.97 Å². The quantitative estimate of drug-likeness (QED) is 0.608. The third kappa shape index (κ3) is 3.62. The molecule has 0 amide bonds. The molecule has 0 aliphatic heterocycles. The topological polar surface area (TPSA) is 57.0 Å². The molecule has 1 aromatic carbocycles. The van der Waals surface area contributed by atoms with Gasteiger partial charge in [-0.15, -0.1) is 0 Å². The van der Waals surface area contributed by atoms with Crippen LogP contribution in [0.5, 0.6) is 0 Å². The van der Waals surface area contributed by atoms with Crippen LogP contribution in [-0.4, -0.2) is 27.6 Å². The Balaban J connectivity index is 2.08. The van der Waals surface area contributed by atoms with Crippen LogP contribution in [0.15, 0.2) is 24.3 Å². The molecule has 0 spiro atoms. The molecule has 0 saturated carbocycles. The Labute approximate surface area is 157 Å². The minimum Gasteiger partial charge on any atom is -0.464 e. The number of alkyl halides is 3. The smallest absolute Gasteiger partial charge is 0.416 e. The molecule has 0 N–H and O–H groups in total. The zero-order chi connectivity index (χ0) is 19.9. The van der Waals surface area contributed by atoms with Gasteiger partial charge in [0.2, 0.25) is 0 Å². The molecule has 0 radical (unpaired) electrons. The first-order valence-corrected chi connectivity index (χ1v) is 8.28. The van der Waals surface area contributed by atoms with Crippen molar-refractivity contribution in [1.82, 2.24) is 14.5 Å². The summed E-state index contributed by atoms with van der Waals surface area (Å²) in [5.41, 5.74) is 1.57. The Bertz CT molecular complexity index is 1040. The number of fused-ring (bicyclic) bond motifs is 1. The number of halogens is 4. The largest absolute Gasteiger partial charge is 0.464 e. The highest BCUT2D eigenvalue weighted by Gasteiger charge is 2.31. The molecule has 142 valence electrons. The van der Waals surface area contributed by atoms with Gasteiger partial charge < -0.3 is 9.30 Å². The van der Waals surface area contributed by atoms with Crippen molar-refractivity contribution in [3.63, 3.8) is 0 Å². The number of imidazole rings is 1. The van der Waals surface area contributed by atoms with Crippen molar-refractivity contribution in [3.8, 4) is 0 Å². The number of esters is 1. The molecule has 2 heterocycles. The Kier molecular flexibility index (Phi) is 4.86. The van der Waals surface area contributed by atoms with E-state index in [1.54, 1.807) is 24.5 Å². The lowest BCUT2D eigenvalue weighted by Gasteiger charge is -2.12. The van der Waals surface area contributed by atoms with Crippen LogP contribution < -0.4 is 0 Å². The van der Waals surface area contributed by atoms with Gasteiger partial charge in [-0.05, 0) is 43.2 Å². The predicted octanol–water partition coefficient (Wildman–Crippen LogP) is 4.56. The Morgan fingerprint density at radius 2 is 1.93 bits per heavy atom. The number of carbonyl (C=O) groups is 1. The number of aromatic nitrogens is 3. The Morgan fingerprint density at radius 3 is 2.52 bits per heavy atom. The van der Waals surface area contributed by atoms with Gasteiger partial charge in [0.25, 0.3) is 0 Å². The molecule has 3 rings (SSSR count). The van der Waals surface area contributed by atoms with Crippen LogP contribution in [0.4, 0.5) is 13.2 Å². The van der Waals surface area contributed by atoms with Crippen LogP contribution >= 0.6 is 11.6 Å². The number of rotatable bonds is 3. The fourth-order valence-electron chi connectivity index (χ4n) is 2.77. The van der Waals surface area contributed by atoms with Crippen molar-refractivity contribution in [3.05, 3.63) is 57.5 Å². The molecule has 0 aliphatic carbocycles. The molecular formula is C18H15ClF3N3O2. The highest BCUT2D eigenvalue weighted by atomic mass is 35.5. The maximum atomic E-state index is 12.8. The Hall–Kier alpha value is -2.61. The van der Waals surface area contributed by atoms with E-state index in [9.17, 15) is 18.0 Å². The van der Waals surface area contributed by atoms with Crippen molar-refractivity contribution in [1.29, 1.82) is 0 Å². The van der Waals surface area contributed by atoms with Gasteiger partial charge in [-0.3, -0.25) is 0 Å². The van der Waals surface area contributed by atoms with Crippen LogP contribution in [0.2, 0.25) is 5.02 Å². The SMILES string of the molecule is COC(=O)c1cc(C)c2nc(C)n(Cc3ccc(C(F)(F)F)cc3Cl)c2n1. The predicted molar refractivity (Wildman–Crippen MR) is 93.9 cm³/mol. The second kappa shape index (κ2) is 6.84. The monoisotopic (exact) mass is 397 g/mol. The molecule has 27 heavy (non-hydrogen) atoms. The summed E-state index contributed by atoms with van der Waals surface area (Å²) < 4.78 is 44.9. The van der Waals surface area contributed by atoms with E-state index < -0.39 is 17.7 Å². The highest BCUT2D eigenvalue weighted by molar-refractivity contribution is 6.31. The van der Waals surface area contributed by atoms with Crippen molar-refractivity contribution in [2.75, 3.05) is 7.11 Å². The fourth-order valence-corrected chi connectivity index (χ4v) is 3.01. The van der Waals surface area contributed by atoms with E-state index in [1.807, 2.05) is 0 Å². The van der Waals surface area contributed by atoms with E-state index >= 15 is 0 Å². The molecule has 0 bridgehead atoms. The van der Waals surface area contributed by atoms with E-state index in [0.717, 1.165) is 17.7 Å². The number of carbonyl (C=O) groups excluding carboxylic acids is 1. The fraction of sp³-hybridized carbons (Fsp3) is 0.278. The van der Waals surface area contributed by atoms with Gasteiger partial charge in [0, 0.05) is 5.02 Å². The number of pyridine rings is 1. The number of ether oxygens (including phenoxy) is 1. The van der Waals surface area contributed by atoms with E-state index in [4.69, 9.17) is 16.3 Å². The summed E-state index contributed by atoms with van der Waals surface area (Å²) in [5.74, 6) is 0.0107. The highest BCUT2D eigenvalue weighted by Crippen LogP contribution is 2.32. The molecular weight excluding hydrogens is 383 g/mol. The summed E-state index contributed by atoms with van der Waals surface area (Å²) in [4.78, 5) is 20.6. The number of hydrogen-bond donors (Lipinski definition) is 0. The van der Waals surface area contributed by atoms with Crippen molar-refractivity contribution < 1.29 is 22.7 Å². The number of aryl methyl sites for hydroxylation is 2. The maximum Gasteiger partial charge on any atom is 0.416 e. The zero-order valence-electron chi connectivity index (χ0n) is 14.7. The third-order valence-electron chi connectivity index (χ3n) is 4.19. The van der Waals surface area contributed by atoms with E-state index in [-0.39, 0.29) is 17.3 Å². The first kappa shape index (κ1) is 19.2. The van der Waals surface area contributed by atoms with E-state index in [1.165, 1.54) is 13.2 Å². The van der Waals surface area contributed by atoms with Gasteiger partial charge in [0.1, 0.15) is 11.3 Å². The molecule has 0 unspecified atom stereocenters. The lowest BCUT2D eigenvalue weighted by Crippen LogP contribution is -2.09. The first-order valence-electron chi connectivity index (χ1n) is 7.90. The van der Waals surface area contributed by atoms with Crippen LogP contribution in [0, 0.1) is 13.8 Å². The number of methoxy groups -OCH3 is 1. The molecule has 0 aliphatic rings. The molecule has 0 atom stereocenters. The lowest BCUT2D eigenvalue weighted by molar-refractivity contribution is -0.137. The normalized spacial score (nSPS) is 11.8. The zero-order valence-corrected chi connectivity index (χ0v) is 15.4. The van der Waals surface area contributed by atoms with E-state index in [0.29, 0.717) is 22.6 Å². The number of hydrogen-bond acceptors (Lipinski definition) is 4. The molecule has 0 saturated heterocycles. The standard InChI is InChI=1S/C18H15ClF3N3O2/c1-9-6-14(17(26)27-3)24-16-15(9)23-10(2)25(16)8-11-4-5-12(7-13(11)19)18(20,21)22/h4-7H,8H2,1-3H3. The summed E-state index contributed by atoms with van der Waals surface area (Å²) in [7, 11) is 1.26. The molecule has 3 aromatic rings. The summed E-state index contributed by atoms with van der Waals surface area (Å²) in [5, 5.41) is -0.00748. The van der Waals surface area contributed by atoms with Crippen LogP contribution in [0.25, 0.3) is 11.2 Å². The van der Waals surface area contributed by atoms with Crippen LogP contribution in [-0.2, 0) is 17.5 Å². The lowest BCUT2D eigenvalue weighted by atomic mass is 10.1. The van der Waals surface area contributed by atoms with Gasteiger partial charge in [0.05, 0.1) is 19.2 Å². The van der Waals surface area contributed by atoms with Gasteiger partial charge in [-0.2, -0.15) is 13.2 Å². The van der Waals surface area contributed by atoms with Crippen molar-refractivity contribution in [2.24, 2.45) is 0 Å². The van der Waals surface area contributed by atoms with Crippen molar-refractivity contribution in [2.45, 2.75) is 26.6 Å². The molecule has 0 fully saturated rings. The molecule has 2 aromatic heterocycles. The second-order valence-electron chi connectivity index (χ2n) is 6.04. The Morgan fingerprint density at radius 1 is 1.22 bits per heavy atom. The van der Waals surface area contributed by atoms with Gasteiger partial charge in [0.15, 0.2) is 11.3 Å². The average molecular weight is 398 g/mol. The van der Waals surface area contributed by atoms with Crippen LogP contribution in [0.1, 0.15) is 33.0 Å². The summed E-state index contributed by atoms with van der Waals surface area (Å²) in [6.45, 7) is 3.70. The summed E-state index contributed by atoms with van der Waals surface area (Å²) in [6, 6.07) is 4.78. The third-order valence-corrected chi connectivity index (χ3v) is 4.54. The van der Waals surface area contributed by atoms with Gasteiger partial charge >= 0.3 is 12.1 Å². The minimum absolute atomic E-state index is 0.00748. The number of nitrogens with zero attached hydrogens (tertiary/aromatic N) is 3. The maximum absolute atomic E-state index is 12.8. The van der Waals surface area contributed by atoms with Crippen molar-refractivity contribution >= 4 is 28.7 Å². The number of benzene rings is 1. The summed E-state index contributed by atoms with van der Waals surface area (Å²) >= 11 is 6.06. The molecule has 9 heteroatoms. The second-order valence-corrected chi connectivity index (χ2v) is 6.44. The van der Waals surface area contributed by atoms with Gasteiger partial charge in [-0.25, -0.2) is 14.8 Å². The minimum atomic E-state index is -4.46. The van der Waals surface area contributed by atoms with Crippen LogP contribution in [0.3, 0.4) is 0 Å².